The van der Waals surface area contributed by atoms with E-state index in [-0.39, 0.29) is 0 Å². The maximum atomic E-state index is 5.77. The quantitative estimate of drug-likeness (QED) is 0.712. The fourth-order valence-corrected chi connectivity index (χ4v) is 3.05. The first-order valence-corrected chi connectivity index (χ1v) is 6.92. The molecule has 0 amide bonds. The molecule has 1 unspecified atom stereocenters. The van der Waals surface area contributed by atoms with Gasteiger partial charge in [0.05, 0.1) is 17.6 Å². The molecule has 4 heteroatoms. The van der Waals surface area contributed by atoms with E-state index in [1.54, 1.807) is 11.3 Å². The average molecular weight is 247 g/mol. The Hall–Kier alpha value is -0.120. The van der Waals surface area contributed by atoms with Crippen LogP contribution >= 0.6 is 22.9 Å². The average Bonchev–Trinajstić information content (AvgIpc) is 2.73. The highest BCUT2D eigenvalue weighted by Gasteiger charge is 2.18. The molecule has 1 atom stereocenters. The fourth-order valence-electron chi connectivity index (χ4n) is 1.79. The molecule has 0 aliphatic carbocycles. The van der Waals surface area contributed by atoms with Crippen molar-refractivity contribution < 1.29 is 0 Å². The van der Waals surface area contributed by atoms with Gasteiger partial charge < -0.3 is 0 Å². The minimum absolute atomic E-state index is 0.460. The Labute approximate surface area is 101 Å². The molecule has 15 heavy (non-hydrogen) atoms. The molecule has 1 rings (SSSR count). The third-order valence-corrected chi connectivity index (χ3v) is 3.90. The minimum atomic E-state index is 0.460. The zero-order valence-electron chi connectivity index (χ0n) is 9.66. The number of halogens is 1. The van der Waals surface area contributed by atoms with Gasteiger partial charge in [-0.2, -0.15) is 0 Å². The Morgan fingerprint density at radius 2 is 2.07 bits per heavy atom. The molecule has 0 saturated carbocycles. The lowest BCUT2D eigenvalue weighted by Crippen LogP contribution is -2.27. The molecule has 0 saturated heterocycles. The molecule has 2 nitrogen and oxygen atoms in total. The Morgan fingerprint density at radius 3 is 2.47 bits per heavy atom. The van der Waals surface area contributed by atoms with Crippen LogP contribution in [0.25, 0.3) is 0 Å². The highest BCUT2D eigenvalue weighted by molar-refractivity contribution is 7.09. The Morgan fingerprint density at radius 1 is 1.40 bits per heavy atom. The molecule has 0 aliphatic rings. The topological polar surface area (TPSA) is 16.1 Å². The van der Waals surface area contributed by atoms with E-state index in [9.17, 15) is 0 Å². The van der Waals surface area contributed by atoms with Crippen LogP contribution in [0.4, 0.5) is 0 Å². The van der Waals surface area contributed by atoms with E-state index in [1.165, 1.54) is 5.01 Å². The van der Waals surface area contributed by atoms with Crippen molar-refractivity contribution in [3.05, 3.63) is 16.1 Å². The summed E-state index contributed by atoms with van der Waals surface area (Å²) in [5.41, 5.74) is 1.00. The molecule has 0 radical (unpaired) electrons. The van der Waals surface area contributed by atoms with Gasteiger partial charge in [0.15, 0.2) is 0 Å². The number of hydrogen-bond donors (Lipinski definition) is 0. The zero-order chi connectivity index (χ0) is 11.3. The predicted molar refractivity (Wildman–Crippen MR) is 67.6 cm³/mol. The molecule has 0 aromatic carbocycles. The normalized spacial score (nSPS) is 13.4. The van der Waals surface area contributed by atoms with Crippen molar-refractivity contribution >= 4 is 22.9 Å². The number of nitrogens with zero attached hydrogens (tertiary/aromatic N) is 2. The lowest BCUT2D eigenvalue weighted by Gasteiger charge is -2.26. The first kappa shape index (κ1) is 12.9. The van der Waals surface area contributed by atoms with Gasteiger partial charge in [0.2, 0.25) is 0 Å². The molecule has 1 aromatic heterocycles. The van der Waals surface area contributed by atoms with Crippen LogP contribution in [0, 0.1) is 0 Å². The monoisotopic (exact) mass is 246 g/mol. The highest BCUT2D eigenvalue weighted by atomic mass is 35.5. The highest BCUT2D eigenvalue weighted by Crippen LogP contribution is 2.27. The maximum absolute atomic E-state index is 5.77. The van der Waals surface area contributed by atoms with Crippen LogP contribution in [-0.2, 0) is 5.88 Å². The van der Waals surface area contributed by atoms with Gasteiger partial charge in [0.25, 0.3) is 0 Å². The zero-order valence-corrected chi connectivity index (χ0v) is 11.2. The van der Waals surface area contributed by atoms with Crippen LogP contribution in [0.5, 0.6) is 0 Å². The summed E-state index contributed by atoms with van der Waals surface area (Å²) >= 11 is 7.49. The van der Waals surface area contributed by atoms with E-state index in [1.807, 2.05) is 0 Å². The summed E-state index contributed by atoms with van der Waals surface area (Å²) in [6.07, 6.45) is 1.11. The van der Waals surface area contributed by atoms with Crippen LogP contribution in [0.1, 0.15) is 43.9 Å². The Balaban J connectivity index is 2.81. The standard InChI is InChI=1S/C11H19ClN2S/c1-4-10(14(5-2)6-3)11-13-9(7-12)8-15-11/h8,10H,4-7H2,1-3H3. The summed E-state index contributed by atoms with van der Waals surface area (Å²) in [6, 6.07) is 0.460. The first-order valence-electron chi connectivity index (χ1n) is 5.51. The second kappa shape index (κ2) is 6.46. The van der Waals surface area contributed by atoms with Crippen molar-refractivity contribution in [2.75, 3.05) is 13.1 Å². The lowest BCUT2D eigenvalue weighted by atomic mass is 10.2. The molecule has 86 valence electrons. The molecule has 0 aliphatic heterocycles. The smallest absolute Gasteiger partial charge is 0.110 e. The Kier molecular flexibility index (Phi) is 5.58. The van der Waals surface area contributed by atoms with Crippen LogP contribution in [-0.4, -0.2) is 23.0 Å². The van der Waals surface area contributed by atoms with Gasteiger partial charge in [-0.1, -0.05) is 20.8 Å². The van der Waals surface area contributed by atoms with Crippen molar-refractivity contribution in [1.82, 2.24) is 9.88 Å². The largest absolute Gasteiger partial charge is 0.295 e. The van der Waals surface area contributed by atoms with Gasteiger partial charge in [-0.25, -0.2) is 4.98 Å². The van der Waals surface area contributed by atoms with Crippen LogP contribution in [0.3, 0.4) is 0 Å². The number of rotatable bonds is 6. The minimum Gasteiger partial charge on any atom is -0.295 e. The molecule has 0 spiro atoms. The van der Waals surface area contributed by atoms with Crippen LogP contribution < -0.4 is 0 Å². The van der Waals surface area contributed by atoms with Crippen molar-refractivity contribution in [3.63, 3.8) is 0 Å². The summed E-state index contributed by atoms with van der Waals surface area (Å²) in [5.74, 6) is 0.519. The lowest BCUT2D eigenvalue weighted by molar-refractivity contribution is 0.213. The first-order chi connectivity index (χ1) is 7.26. The molecule has 1 aromatic rings. The number of hydrogen-bond acceptors (Lipinski definition) is 3. The van der Waals surface area contributed by atoms with E-state index in [4.69, 9.17) is 11.6 Å². The molecule has 1 heterocycles. The van der Waals surface area contributed by atoms with Gasteiger partial charge in [0, 0.05) is 5.38 Å². The van der Waals surface area contributed by atoms with Gasteiger partial charge in [-0.05, 0) is 19.5 Å². The molecular formula is C11H19ClN2S. The third kappa shape index (κ3) is 3.16. The summed E-state index contributed by atoms with van der Waals surface area (Å²) in [5, 5.41) is 3.27. The summed E-state index contributed by atoms with van der Waals surface area (Å²) in [4.78, 5) is 7.00. The summed E-state index contributed by atoms with van der Waals surface area (Å²) in [7, 11) is 0. The van der Waals surface area contributed by atoms with Gasteiger partial charge >= 0.3 is 0 Å². The summed E-state index contributed by atoms with van der Waals surface area (Å²) < 4.78 is 0. The van der Waals surface area contributed by atoms with Crippen LogP contribution in [0.2, 0.25) is 0 Å². The molecule has 0 N–H and O–H groups in total. The van der Waals surface area contributed by atoms with Gasteiger partial charge in [-0.15, -0.1) is 22.9 Å². The van der Waals surface area contributed by atoms with Crippen LogP contribution in [0.15, 0.2) is 5.38 Å². The number of thiazole rings is 1. The molecular weight excluding hydrogens is 228 g/mol. The van der Waals surface area contributed by atoms with E-state index in [2.05, 4.69) is 36.0 Å². The fraction of sp³-hybridized carbons (Fsp3) is 0.727. The number of aromatic nitrogens is 1. The van der Waals surface area contributed by atoms with Crippen molar-refractivity contribution in [2.24, 2.45) is 0 Å². The van der Waals surface area contributed by atoms with E-state index in [0.29, 0.717) is 11.9 Å². The van der Waals surface area contributed by atoms with Gasteiger partial charge in [-0.3, -0.25) is 4.90 Å². The second-order valence-electron chi connectivity index (χ2n) is 3.46. The van der Waals surface area contributed by atoms with E-state index >= 15 is 0 Å². The van der Waals surface area contributed by atoms with Gasteiger partial charge in [0.1, 0.15) is 5.01 Å². The summed E-state index contributed by atoms with van der Waals surface area (Å²) in [6.45, 7) is 8.75. The van der Waals surface area contributed by atoms with Crippen molar-refractivity contribution in [3.8, 4) is 0 Å². The molecule has 0 fully saturated rings. The SMILES string of the molecule is CCC(c1nc(CCl)cs1)N(CC)CC. The third-order valence-electron chi connectivity index (χ3n) is 2.63. The number of alkyl halides is 1. The second-order valence-corrected chi connectivity index (χ2v) is 4.61. The van der Waals surface area contributed by atoms with E-state index in [0.717, 1.165) is 25.2 Å². The maximum Gasteiger partial charge on any atom is 0.110 e. The predicted octanol–water partition coefficient (Wildman–Crippen LogP) is 3.67. The molecule has 0 bridgehead atoms. The van der Waals surface area contributed by atoms with Crippen molar-refractivity contribution in [1.29, 1.82) is 0 Å². The Bertz CT molecular complexity index is 284. The van der Waals surface area contributed by atoms with Crippen molar-refractivity contribution in [2.45, 2.75) is 39.1 Å². The van der Waals surface area contributed by atoms with E-state index < -0.39 is 0 Å².